The van der Waals surface area contributed by atoms with Crippen LogP contribution in [-0.2, 0) is 12.8 Å². The van der Waals surface area contributed by atoms with Crippen LogP contribution in [0.1, 0.15) is 11.3 Å². The highest BCUT2D eigenvalue weighted by atomic mass is 32.2. The molecule has 0 atom stereocenters. The molecule has 2 aromatic heterocycles. The van der Waals surface area contributed by atoms with Crippen LogP contribution < -0.4 is 0 Å². The number of hydrogen-bond donors (Lipinski definition) is 0. The first kappa shape index (κ1) is 32.3. The van der Waals surface area contributed by atoms with Crippen molar-refractivity contribution in [2.24, 2.45) is 0 Å². The fraction of sp³-hybridized carbons (Fsp3) is 0.0400. The molecule has 0 unspecified atom stereocenters. The molecule has 1 aliphatic carbocycles. The number of aromatic nitrogens is 3. The Hall–Kier alpha value is -6.14. The summed E-state index contributed by atoms with van der Waals surface area (Å²) < 4.78 is 2.56. The van der Waals surface area contributed by atoms with Crippen molar-refractivity contribution in [3.8, 4) is 61.8 Å². The second-order valence-corrected chi connectivity index (χ2v) is 16.2. The Morgan fingerprint density at radius 2 is 1.04 bits per heavy atom. The van der Waals surface area contributed by atoms with Gasteiger partial charge in [-0.25, -0.2) is 9.97 Å². The molecule has 0 amide bonds. The molecule has 0 bridgehead atoms. The number of aryl methyl sites for hydroxylation is 1. The highest BCUT2D eigenvalue weighted by Crippen LogP contribution is 2.54. The van der Waals surface area contributed by atoms with E-state index in [1.807, 2.05) is 35.7 Å². The van der Waals surface area contributed by atoms with Gasteiger partial charge in [0, 0.05) is 53.7 Å². The summed E-state index contributed by atoms with van der Waals surface area (Å²) in [5.74, 6) is 0.718. The molecular formula is C50H33N3S2. The van der Waals surface area contributed by atoms with Gasteiger partial charge in [0.15, 0.2) is 5.82 Å². The molecule has 0 radical (unpaired) electrons. The third-order valence-electron chi connectivity index (χ3n) is 10.8. The van der Waals surface area contributed by atoms with E-state index in [1.54, 1.807) is 0 Å². The summed E-state index contributed by atoms with van der Waals surface area (Å²) in [6, 6.07) is 63.1. The Bertz CT molecular complexity index is 2840. The minimum absolute atomic E-state index is 0.718. The lowest BCUT2D eigenvalue weighted by molar-refractivity contribution is 0.862. The largest absolute Gasteiger partial charge is 0.312 e. The van der Waals surface area contributed by atoms with Gasteiger partial charge in [0.2, 0.25) is 0 Å². The molecule has 3 nitrogen and oxygen atoms in total. The molecule has 0 saturated carbocycles. The third-order valence-corrected chi connectivity index (χ3v) is 13.4. The van der Waals surface area contributed by atoms with Crippen LogP contribution >= 0.6 is 23.5 Å². The molecule has 1 aliphatic heterocycles. The first-order valence-electron chi connectivity index (χ1n) is 18.7. The van der Waals surface area contributed by atoms with Crippen molar-refractivity contribution in [3.63, 3.8) is 0 Å². The SMILES string of the molecule is c1ccc(-c2cc(-c3ccccc3)nc(-c3ccc(-c4ccc(-n5c6c(c7ccc8c(c75)Sc5ccccc5S8)-c5ccccc5CC6)cc4)cc3)n2)cc1. The molecule has 0 N–H and O–H groups in total. The molecule has 0 saturated heterocycles. The van der Waals surface area contributed by atoms with Crippen LogP contribution in [0, 0.1) is 0 Å². The number of rotatable bonds is 5. The quantitative estimate of drug-likeness (QED) is 0.176. The fourth-order valence-electron chi connectivity index (χ4n) is 8.17. The average molecular weight is 740 g/mol. The fourth-order valence-corrected chi connectivity index (χ4v) is 10.5. The first-order valence-corrected chi connectivity index (χ1v) is 20.3. The second kappa shape index (κ2) is 13.3. The summed E-state index contributed by atoms with van der Waals surface area (Å²) in [5.41, 5.74) is 15.4. The molecule has 0 fully saturated rings. The predicted molar refractivity (Wildman–Crippen MR) is 228 cm³/mol. The summed E-state index contributed by atoms with van der Waals surface area (Å²) in [4.78, 5) is 15.4. The first-order chi connectivity index (χ1) is 27.2. The zero-order valence-electron chi connectivity index (χ0n) is 29.8. The van der Waals surface area contributed by atoms with Crippen molar-refractivity contribution in [3.05, 3.63) is 187 Å². The lowest BCUT2D eigenvalue weighted by Crippen LogP contribution is -2.08. The Morgan fingerprint density at radius 1 is 0.455 bits per heavy atom. The summed E-state index contributed by atoms with van der Waals surface area (Å²) in [6.07, 6.45) is 2.05. The van der Waals surface area contributed by atoms with E-state index in [1.165, 1.54) is 64.1 Å². The van der Waals surface area contributed by atoms with Gasteiger partial charge in [0.05, 0.1) is 21.8 Å². The molecule has 9 aromatic rings. The molecule has 3 heterocycles. The van der Waals surface area contributed by atoms with Crippen LogP contribution in [-0.4, -0.2) is 14.5 Å². The van der Waals surface area contributed by atoms with Crippen molar-refractivity contribution in [2.45, 2.75) is 32.4 Å². The van der Waals surface area contributed by atoms with Crippen molar-refractivity contribution in [1.29, 1.82) is 0 Å². The lowest BCUT2D eigenvalue weighted by Gasteiger charge is -2.21. The zero-order chi connectivity index (χ0) is 36.3. The van der Waals surface area contributed by atoms with E-state index >= 15 is 0 Å². The van der Waals surface area contributed by atoms with Gasteiger partial charge in [0.25, 0.3) is 0 Å². The van der Waals surface area contributed by atoms with Gasteiger partial charge in [-0.2, -0.15) is 0 Å². The van der Waals surface area contributed by atoms with Gasteiger partial charge >= 0.3 is 0 Å². The van der Waals surface area contributed by atoms with Crippen LogP contribution in [0.25, 0.3) is 72.7 Å². The third kappa shape index (κ3) is 5.62. The van der Waals surface area contributed by atoms with Crippen LogP contribution in [0.5, 0.6) is 0 Å². The van der Waals surface area contributed by atoms with Gasteiger partial charge in [-0.1, -0.05) is 163 Å². The maximum atomic E-state index is 5.04. The number of nitrogens with zero attached hydrogens (tertiary/aromatic N) is 3. The molecule has 11 rings (SSSR count). The Balaban J connectivity index is 0.983. The highest BCUT2D eigenvalue weighted by molar-refractivity contribution is 8.05. The van der Waals surface area contributed by atoms with Gasteiger partial charge in [-0.05, 0) is 71.5 Å². The van der Waals surface area contributed by atoms with E-state index in [0.717, 1.165) is 52.3 Å². The minimum atomic E-state index is 0.718. The smallest absolute Gasteiger partial charge is 0.160 e. The average Bonchev–Trinajstić information content (AvgIpc) is 3.62. The predicted octanol–water partition coefficient (Wildman–Crippen LogP) is 13.5. The van der Waals surface area contributed by atoms with Gasteiger partial charge in [0.1, 0.15) is 0 Å². The molecular weight excluding hydrogens is 707 g/mol. The number of benzene rings is 7. The Morgan fingerprint density at radius 3 is 1.73 bits per heavy atom. The standard InChI is InChI=1S/C50H33N3S2/c1-3-12-35(13-4-1)41-31-42(36-14-5-2-6-15-36)52-50(51-41)37-21-19-32(20-22-37)33-23-26-38(27-24-33)53-43-29-25-34-11-7-8-16-39(34)47(43)40-28-30-46-49(48(40)53)55-45-18-10-9-17-44(45)54-46/h1-24,26-28,30-31H,25,29H2. The monoisotopic (exact) mass is 739 g/mol. The molecule has 5 heteroatoms. The van der Waals surface area contributed by atoms with E-state index < -0.39 is 0 Å². The molecule has 55 heavy (non-hydrogen) atoms. The summed E-state index contributed by atoms with van der Waals surface area (Å²) in [5, 5.41) is 1.34. The van der Waals surface area contributed by atoms with E-state index in [-0.39, 0.29) is 0 Å². The van der Waals surface area contributed by atoms with Crippen LogP contribution in [0.15, 0.2) is 196 Å². The Kier molecular flexibility index (Phi) is 7.82. The summed E-state index contributed by atoms with van der Waals surface area (Å²) in [6.45, 7) is 0. The minimum Gasteiger partial charge on any atom is -0.312 e. The van der Waals surface area contributed by atoms with Crippen molar-refractivity contribution >= 4 is 34.4 Å². The van der Waals surface area contributed by atoms with Crippen molar-refractivity contribution < 1.29 is 0 Å². The van der Waals surface area contributed by atoms with Gasteiger partial charge < -0.3 is 4.57 Å². The lowest BCUT2D eigenvalue weighted by atomic mass is 9.88. The van der Waals surface area contributed by atoms with Crippen LogP contribution in [0.4, 0.5) is 0 Å². The maximum Gasteiger partial charge on any atom is 0.160 e. The van der Waals surface area contributed by atoms with Gasteiger partial charge in [-0.15, -0.1) is 0 Å². The highest BCUT2D eigenvalue weighted by Gasteiger charge is 2.29. The van der Waals surface area contributed by atoms with Gasteiger partial charge in [-0.3, -0.25) is 0 Å². The van der Waals surface area contributed by atoms with E-state index in [0.29, 0.717) is 0 Å². The molecule has 2 aliphatic rings. The topological polar surface area (TPSA) is 30.7 Å². The summed E-state index contributed by atoms with van der Waals surface area (Å²) >= 11 is 3.80. The van der Waals surface area contributed by atoms with Crippen molar-refractivity contribution in [1.82, 2.24) is 14.5 Å². The normalized spacial score (nSPS) is 12.8. The Labute approximate surface area is 328 Å². The number of fused-ring (bicyclic) bond motifs is 8. The van der Waals surface area contributed by atoms with Crippen LogP contribution in [0.2, 0.25) is 0 Å². The zero-order valence-corrected chi connectivity index (χ0v) is 31.4. The van der Waals surface area contributed by atoms with Crippen LogP contribution in [0.3, 0.4) is 0 Å². The van der Waals surface area contributed by atoms with Crippen molar-refractivity contribution in [2.75, 3.05) is 0 Å². The second-order valence-electron chi connectivity index (χ2n) is 14.1. The summed E-state index contributed by atoms with van der Waals surface area (Å²) in [7, 11) is 0. The van der Waals surface area contributed by atoms with E-state index in [2.05, 4.69) is 168 Å². The molecule has 0 spiro atoms. The number of hydrogen-bond acceptors (Lipinski definition) is 4. The van der Waals surface area contributed by atoms with E-state index in [4.69, 9.17) is 9.97 Å². The molecule has 7 aromatic carbocycles. The maximum absolute atomic E-state index is 5.04. The molecule has 260 valence electrons. The van der Waals surface area contributed by atoms with E-state index in [9.17, 15) is 0 Å².